The van der Waals surface area contributed by atoms with Crippen molar-refractivity contribution in [1.29, 1.82) is 0 Å². The molecule has 0 aromatic heterocycles. The molecule has 1 aromatic rings. The van der Waals surface area contributed by atoms with Crippen LogP contribution >= 0.6 is 0 Å². The predicted octanol–water partition coefficient (Wildman–Crippen LogP) is 2.25. The zero-order valence-electron chi connectivity index (χ0n) is 8.00. The molecule has 1 saturated carbocycles. The van der Waals surface area contributed by atoms with Crippen molar-refractivity contribution in [1.82, 2.24) is 5.32 Å². The molecule has 1 aromatic carbocycles. The summed E-state index contributed by atoms with van der Waals surface area (Å²) in [6.07, 6.45) is 0. The van der Waals surface area contributed by atoms with Gasteiger partial charge < -0.3 is 5.32 Å². The van der Waals surface area contributed by atoms with E-state index in [0.717, 1.165) is 5.56 Å². The molecule has 0 saturated heterocycles. The first-order chi connectivity index (χ1) is 6.68. The van der Waals surface area contributed by atoms with Gasteiger partial charge in [-0.15, -0.1) is 0 Å². The van der Waals surface area contributed by atoms with Gasteiger partial charge in [0.05, 0.1) is 5.92 Å². The quantitative estimate of drug-likeness (QED) is 0.783. The molecule has 0 radical (unpaired) electrons. The highest BCUT2D eigenvalue weighted by molar-refractivity contribution is 5.32. The van der Waals surface area contributed by atoms with Crippen LogP contribution in [0.1, 0.15) is 11.5 Å². The molecule has 76 valence electrons. The van der Waals surface area contributed by atoms with Crippen molar-refractivity contribution in [3.63, 3.8) is 0 Å². The molecule has 14 heavy (non-hydrogen) atoms. The maximum absolute atomic E-state index is 13.3. The molecule has 0 bridgehead atoms. The van der Waals surface area contributed by atoms with Gasteiger partial charge in [0.25, 0.3) is 5.92 Å². The molecule has 0 aliphatic heterocycles. The molecular formula is C11H13F2N. The average Bonchev–Trinajstić information content (AvgIpc) is 2.71. The van der Waals surface area contributed by atoms with Crippen molar-refractivity contribution < 1.29 is 8.78 Å². The van der Waals surface area contributed by atoms with Gasteiger partial charge in [0.15, 0.2) is 0 Å². The van der Waals surface area contributed by atoms with Gasteiger partial charge in [-0.1, -0.05) is 30.3 Å². The van der Waals surface area contributed by atoms with Gasteiger partial charge in [0.2, 0.25) is 0 Å². The Labute approximate surface area is 82.1 Å². The van der Waals surface area contributed by atoms with Crippen LogP contribution in [0.25, 0.3) is 0 Å². The first kappa shape index (κ1) is 9.59. The van der Waals surface area contributed by atoms with E-state index in [1.54, 1.807) is 31.3 Å². The Kier molecular flexibility index (Phi) is 2.27. The zero-order chi connectivity index (χ0) is 10.2. The van der Waals surface area contributed by atoms with E-state index in [-0.39, 0.29) is 0 Å². The highest BCUT2D eigenvalue weighted by atomic mass is 19.3. The van der Waals surface area contributed by atoms with Crippen molar-refractivity contribution >= 4 is 0 Å². The van der Waals surface area contributed by atoms with Gasteiger partial charge in [-0.3, -0.25) is 0 Å². The topological polar surface area (TPSA) is 12.0 Å². The largest absolute Gasteiger partial charge is 0.319 e. The number of alkyl halides is 2. The Morgan fingerprint density at radius 3 is 2.50 bits per heavy atom. The molecular weight excluding hydrogens is 184 g/mol. The van der Waals surface area contributed by atoms with E-state index < -0.39 is 17.8 Å². The van der Waals surface area contributed by atoms with Crippen LogP contribution in [0.15, 0.2) is 30.3 Å². The lowest BCUT2D eigenvalue weighted by Gasteiger charge is -1.96. The molecule has 3 heteroatoms. The lowest BCUT2D eigenvalue weighted by Crippen LogP contribution is -2.13. The van der Waals surface area contributed by atoms with Gasteiger partial charge in [0, 0.05) is 12.5 Å². The Morgan fingerprint density at radius 2 is 1.93 bits per heavy atom. The fourth-order valence-electron chi connectivity index (χ4n) is 1.98. The summed E-state index contributed by atoms with van der Waals surface area (Å²) in [6.45, 7) is 0.382. The first-order valence-corrected chi connectivity index (χ1v) is 4.75. The van der Waals surface area contributed by atoms with E-state index in [9.17, 15) is 8.78 Å². The first-order valence-electron chi connectivity index (χ1n) is 4.75. The molecule has 2 rings (SSSR count). The highest BCUT2D eigenvalue weighted by Gasteiger charge is 2.67. The lowest BCUT2D eigenvalue weighted by molar-refractivity contribution is 0.0935. The number of hydrogen-bond donors (Lipinski definition) is 1. The summed E-state index contributed by atoms with van der Waals surface area (Å²) in [5.41, 5.74) is 0.748. The smallest absolute Gasteiger partial charge is 0.260 e. The van der Waals surface area contributed by atoms with Gasteiger partial charge in [-0.05, 0) is 12.6 Å². The molecule has 1 N–H and O–H groups in total. The van der Waals surface area contributed by atoms with E-state index >= 15 is 0 Å². The Morgan fingerprint density at radius 1 is 1.29 bits per heavy atom. The predicted molar refractivity (Wildman–Crippen MR) is 51.5 cm³/mol. The number of hydrogen-bond acceptors (Lipinski definition) is 1. The maximum atomic E-state index is 13.3. The highest BCUT2D eigenvalue weighted by Crippen LogP contribution is 2.61. The van der Waals surface area contributed by atoms with E-state index in [2.05, 4.69) is 5.32 Å². The van der Waals surface area contributed by atoms with Crippen LogP contribution in [0.2, 0.25) is 0 Å². The molecule has 0 unspecified atom stereocenters. The Bertz CT molecular complexity index is 310. The fraction of sp³-hybridized carbons (Fsp3) is 0.455. The summed E-state index contributed by atoms with van der Waals surface area (Å²) in [5, 5.41) is 2.81. The molecule has 1 aliphatic carbocycles. The van der Waals surface area contributed by atoms with Gasteiger partial charge in [-0.2, -0.15) is 0 Å². The minimum Gasteiger partial charge on any atom is -0.319 e. The Balaban J connectivity index is 2.15. The van der Waals surface area contributed by atoms with Crippen LogP contribution in [0, 0.1) is 5.92 Å². The summed E-state index contributed by atoms with van der Waals surface area (Å²) in [5.74, 6) is -3.64. The third-order valence-corrected chi connectivity index (χ3v) is 2.79. The lowest BCUT2D eigenvalue weighted by atomic mass is 10.1. The number of halogens is 2. The van der Waals surface area contributed by atoms with Crippen LogP contribution in [-0.4, -0.2) is 19.5 Å². The molecule has 1 aliphatic rings. The van der Waals surface area contributed by atoms with Crippen molar-refractivity contribution in [2.75, 3.05) is 13.6 Å². The second kappa shape index (κ2) is 3.31. The molecule has 2 atom stereocenters. The molecule has 0 heterocycles. The van der Waals surface area contributed by atoms with Crippen LogP contribution in [0.4, 0.5) is 8.78 Å². The van der Waals surface area contributed by atoms with Gasteiger partial charge in [-0.25, -0.2) is 8.78 Å². The van der Waals surface area contributed by atoms with E-state index in [1.807, 2.05) is 6.07 Å². The third kappa shape index (κ3) is 1.42. The maximum Gasteiger partial charge on any atom is 0.260 e. The Hall–Kier alpha value is -0.960. The molecule has 1 nitrogen and oxygen atoms in total. The third-order valence-electron chi connectivity index (χ3n) is 2.79. The van der Waals surface area contributed by atoms with E-state index in [4.69, 9.17) is 0 Å². The van der Waals surface area contributed by atoms with Crippen LogP contribution < -0.4 is 5.32 Å². The van der Waals surface area contributed by atoms with Crippen LogP contribution in [-0.2, 0) is 0 Å². The summed E-state index contributed by atoms with van der Waals surface area (Å²) >= 11 is 0. The number of nitrogens with one attached hydrogen (secondary N) is 1. The standard InChI is InChI=1S/C11H13F2N/c1-14-7-9-10(11(9,12)13)8-5-3-2-4-6-8/h2-6,9-10,14H,7H2,1H3/t9-,10+/m1/s1. The van der Waals surface area contributed by atoms with Crippen molar-refractivity contribution in [2.24, 2.45) is 5.92 Å². The summed E-state index contributed by atoms with van der Waals surface area (Å²) in [7, 11) is 1.70. The zero-order valence-corrected chi connectivity index (χ0v) is 8.00. The number of benzene rings is 1. The van der Waals surface area contributed by atoms with Gasteiger partial charge in [0.1, 0.15) is 0 Å². The summed E-state index contributed by atoms with van der Waals surface area (Å²) in [6, 6.07) is 9.00. The van der Waals surface area contributed by atoms with E-state index in [1.165, 1.54) is 0 Å². The van der Waals surface area contributed by atoms with Crippen LogP contribution in [0.5, 0.6) is 0 Å². The minimum absolute atomic E-state index is 0.382. The van der Waals surface area contributed by atoms with Gasteiger partial charge >= 0.3 is 0 Å². The van der Waals surface area contributed by atoms with Crippen molar-refractivity contribution in [2.45, 2.75) is 11.8 Å². The molecule has 0 amide bonds. The number of rotatable bonds is 3. The average molecular weight is 197 g/mol. The second-order valence-electron chi connectivity index (χ2n) is 3.73. The van der Waals surface area contributed by atoms with Crippen molar-refractivity contribution in [3.8, 4) is 0 Å². The second-order valence-corrected chi connectivity index (χ2v) is 3.73. The van der Waals surface area contributed by atoms with Crippen LogP contribution in [0.3, 0.4) is 0 Å². The SMILES string of the molecule is CNC[C@@H]1[C@H](c2ccccc2)C1(F)F. The monoisotopic (exact) mass is 197 g/mol. The summed E-state index contributed by atoms with van der Waals surface area (Å²) in [4.78, 5) is 0. The summed E-state index contributed by atoms with van der Waals surface area (Å²) < 4.78 is 26.6. The fourth-order valence-corrected chi connectivity index (χ4v) is 1.98. The van der Waals surface area contributed by atoms with E-state index in [0.29, 0.717) is 6.54 Å². The molecule has 1 fully saturated rings. The van der Waals surface area contributed by atoms with Crippen molar-refractivity contribution in [3.05, 3.63) is 35.9 Å². The minimum atomic E-state index is -2.52. The normalized spacial score (nSPS) is 28.8. The molecule has 0 spiro atoms.